The first-order valence-corrected chi connectivity index (χ1v) is 7.23. The quantitative estimate of drug-likeness (QED) is 0.693. The summed E-state index contributed by atoms with van der Waals surface area (Å²) in [6.07, 6.45) is 4.94. The number of benzene rings is 1. The maximum absolute atomic E-state index is 12.2. The Hall–Kier alpha value is -1.02. The van der Waals surface area contributed by atoms with Crippen molar-refractivity contribution in [3.05, 3.63) is 30.3 Å². The van der Waals surface area contributed by atoms with Crippen LogP contribution in [0.3, 0.4) is 0 Å². The number of hydrogen-bond acceptors (Lipinski definition) is 1. The molecule has 0 radical (unpaired) electrons. The smallest absolute Gasteiger partial charge is 0.227 e. The van der Waals surface area contributed by atoms with Crippen molar-refractivity contribution in [2.75, 3.05) is 11.2 Å². The van der Waals surface area contributed by atoms with Crippen LogP contribution >= 0.6 is 11.6 Å². The molecule has 1 atom stereocenters. The summed E-state index contributed by atoms with van der Waals surface area (Å²) in [5.41, 5.74) is 0.870. The molecule has 0 unspecified atom stereocenters. The monoisotopic (exact) mass is 267 g/mol. The zero-order valence-corrected chi connectivity index (χ0v) is 11.7. The third-order valence-electron chi connectivity index (χ3n) is 3.00. The van der Waals surface area contributed by atoms with Gasteiger partial charge in [0.15, 0.2) is 0 Å². The van der Waals surface area contributed by atoms with Crippen molar-refractivity contribution in [1.82, 2.24) is 0 Å². The molecule has 1 rings (SSSR count). The van der Waals surface area contributed by atoms with Gasteiger partial charge in [-0.05, 0) is 31.4 Å². The summed E-state index contributed by atoms with van der Waals surface area (Å²) in [4.78, 5) is 12.2. The Bertz CT molecular complexity index is 332. The molecule has 1 amide bonds. The molecule has 0 aliphatic heterocycles. The topological polar surface area (TPSA) is 29.1 Å². The van der Waals surface area contributed by atoms with E-state index in [0.717, 1.165) is 37.8 Å². The third kappa shape index (κ3) is 5.54. The van der Waals surface area contributed by atoms with Crippen LogP contribution in [0.5, 0.6) is 0 Å². The van der Waals surface area contributed by atoms with Crippen LogP contribution in [-0.2, 0) is 4.79 Å². The summed E-state index contributed by atoms with van der Waals surface area (Å²) in [7, 11) is 0. The van der Waals surface area contributed by atoms with Crippen molar-refractivity contribution in [3.63, 3.8) is 0 Å². The lowest BCUT2D eigenvalue weighted by Gasteiger charge is -2.16. The second-order valence-electron chi connectivity index (χ2n) is 4.53. The highest BCUT2D eigenvalue weighted by molar-refractivity contribution is 6.17. The fourth-order valence-corrected chi connectivity index (χ4v) is 2.10. The Balaban J connectivity index is 2.52. The molecule has 1 aromatic carbocycles. The van der Waals surface area contributed by atoms with Gasteiger partial charge in [-0.2, -0.15) is 0 Å². The zero-order chi connectivity index (χ0) is 13.2. The number of para-hydroxylation sites is 1. The number of carbonyl (C=O) groups excluding carboxylic acids is 1. The van der Waals surface area contributed by atoms with E-state index in [4.69, 9.17) is 11.6 Å². The van der Waals surface area contributed by atoms with Crippen LogP contribution in [0.25, 0.3) is 0 Å². The van der Waals surface area contributed by atoms with Gasteiger partial charge in [-0.15, -0.1) is 11.6 Å². The molecular weight excluding hydrogens is 246 g/mol. The summed E-state index contributed by atoms with van der Waals surface area (Å²) in [5, 5.41) is 2.98. The number of carbonyl (C=O) groups is 1. The van der Waals surface area contributed by atoms with E-state index in [0.29, 0.717) is 5.88 Å². The standard InChI is InChI=1S/C15H22ClNO/c1-2-3-8-13(9-7-12-16)15(18)17-14-10-5-4-6-11-14/h4-6,10-11,13H,2-3,7-9,12H2,1H3,(H,17,18)/t13-/m0/s1. The van der Waals surface area contributed by atoms with Gasteiger partial charge < -0.3 is 5.32 Å². The molecule has 100 valence electrons. The van der Waals surface area contributed by atoms with E-state index in [9.17, 15) is 4.79 Å². The van der Waals surface area contributed by atoms with Gasteiger partial charge >= 0.3 is 0 Å². The second kappa shape index (κ2) is 8.98. The summed E-state index contributed by atoms with van der Waals surface area (Å²) >= 11 is 5.71. The van der Waals surface area contributed by atoms with E-state index >= 15 is 0 Å². The maximum atomic E-state index is 12.2. The van der Waals surface area contributed by atoms with Crippen LogP contribution in [0.2, 0.25) is 0 Å². The van der Waals surface area contributed by atoms with Gasteiger partial charge in [0.25, 0.3) is 0 Å². The molecule has 1 aromatic rings. The van der Waals surface area contributed by atoms with Gasteiger partial charge in [0.2, 0.25) is 5.91 Å². The lowest BCUT2D eigenvalue weighted by Crippen LogP contribution is -2.23. The normalized spacial score (nSPS) is 12.1. The molecule has 0 saturated heterocycles. The molecule has 0 aliphatic carbocycles. The first-order valence-electron chi connectivity index (χ1n) is 6.69. The van der Waals surface area contributed by atoms with Crippen molar-refractivity contribution in [2.24, 2.45) is 5.92 Å². The second-order valence-corrected chi connectivity index (χ2v) is 4.90. The average molecular weight is 268 g/mol. The summed E-state index contributed by atoms with van der Waals surface area (Å²) in [5.74, 6) is 0.838. The van der Waals surface area contributed by atoms with Crippen molar-refractivity contribution >= 4 is 23.2 Å². The lowest BCUT2D eigenvalue weighted by molar-refractivity contribution is -0.120. The number of nitrogens with one attached hydrogen (secondary N) is 1. The fourth-order valence-electron chi connectivity index (χ4n) is 1.95. The number of rotatable bonds is 8. The Kier molecular flexibility index (Phi) is 7.51. The van der Waals surface area contributed by atoms with E-state index in [1.54, 1.807) is 0 Å². The van der Waals surface area contributed by atoms with Gasteiger partial charge in [-0.1, -0.05) is 38.0 Å². The molecule has 0 spiro atoms. The summed E-state index contributed by atoms with van der Waals surface area (Å²) < 4.78 is 0. The van der Waals surface area contributed by atoms with Crippen molar-refractivity contribution < 1.29 is 4.79 Å². The predicted octanol–water partition coefficient (Wildman–Crippen LogP) is 4.45. The Labute approximate surface area is 115 Å². The Morgan fingerprint density at radius 1 is 1.22 bits per heavy atom. The van der Waals surface area contributed by atoms with Gasteiger partial charge in [-0.3, -0.25) is 4.79 Å². The highest BCUT2D eigenvalue weighted by atomic mass is 35.5. The third-order valence-corrected chi connectivity index (χ3v) is 3.27. The molecule has 0 saturated carbocycles. The van der Waals surface area contributed by atoms with Crippen molar-refractivity contribution in [1.29, 1.82) is 0 Å². The molecule has 2 nitrogen and oxygen atoms in total. The minimum absolute atomic E-state index is 0.0870. The van der Waals surface area contributed by atoms with Gasteiger partial charge in [0, 0.05) is 17.5 Å². The number of hydrogen-bond donors (Lipinski definition) is 1. The maximum Gasteiger partial charge on any atom is 0.227 e. The van der Waals surface area contributed by atoms with Gasteiger partial charge in [-0.25, -0.2) is 0 Å². The molecule has 0 fully saturated rings. The first kappa shape index (κ1) is 15.0. The number of alkyl halides is 1. The van der Waals surface area contributed by atoms with Crippen LogP contribution in [0.1, 0.15) is 39.0 Å². The van der Waals surface area contributed by atoms with Gasteiger partial charge in [0.1, 0.15) is 0 Å². The van der Waals surface area contributed by atoms with Crippen molar-refractivity contribution in [2.45, 2.75) is 39.0 Å². The largest absolute Gasteiger partial charge is 0.326 e. The highest BCUT2D eigenvalue weighted by Gasteiger charge is 2.17. The SMILES string of the molecule is CCCC[C@@H](CCCCl)C(=O)Nc1ccccc1. The average Bonchev–Trinajstić information content (AvgIpc) is 2.40. The Morgan fingerprint density at radius 2 is 1.89 bits per heavy atom. The van der Waals surface area contributed by atoms with Gasteiger partial charge in [0.05, 0.1) is 0 Å². The Morgan fingerprint density at radius 3 is 2.50 bits per heavy atom. The summed E-state index contributed by atoms with van der Waals surface area (Å²) in [6.45, 7) is 2.15. The first-order chi connectivity index (χ1) is 8.77. The van der Waals surface area contributed by atoms with E-state index in [2.05, 4.69) is 12.2 Å². The number of anilines is 1. The minimum Gasteiger partial charge on any atom is -0.326 e. The van der Waals surface area contributed by atoms with Crippen LogP contribution in [0, 0.1) is 5.92 Å². The fraction of sp³-hybridized carbons (Fsp3) is 0.533. The van der Waals surface area contributed by atoms with Crippen LogP contribution in [0.4, 0.5) is 5.69 Å². The molecule has 1 N–H and O–H groups in total. The number of unbranched alkanes of at least 4 members (excludes halogenated alkanes) is 1. The van der Waals surface area contributed by atoms with E-state index < -0.39 is 0 Å². The number of halogens is 1. The minimum atomic E-state index is 0.0870. The lowest BCUT2D eigenvalue weighted by atomic mass is 9.96. The number of amides is 1. The van der Waals surface area contributed by atoms with Crippen LogP contribution in [0.15, 0.2) is 30.3 Å². The highest BCUT2D eigenvalue weighted by Crippen LogP contribution is 2.18. The molecule has 0 bridgehead atoms. The van der Waals surface area contributed by atoms with Crippen LogP contribution in [-0.4, -0.2) is 11.8 Å². The summed E-state index contributed by atoms with van der Waals surface area (Å²) in [6, 6.07) is 9.62. The van der Waals surface area contributed by atoms with Crippen LogP contribution < -0.4 is 5.32 Å². The van der Waals surface area contributed by atoms with E-state index in [1.165, 1.54) is 0 Å². The van der Waals surface area contributed by atoms with E-state index in [-0.39, 0.29) is 11.8 Å². The molecule has 0 heterocycles. The predicted molar refractivity (Wildman–Crippen MR) is 78.0 cm³/mol. The molecule has 0 aromatic heterocycles. The molecule has 3 heteroatoms. The molecule has 0 aliphatic rings. The van der Waals surface area contributed by atoms with Crippen molar-refractivity contribution in [3.8, 4) is 0 Å². The molecular formula is C15H22ClNO. The van der Waals surface area contributed by atoms with E-state index in [1.807, 2.05) is 30.3 Å². The molecule has 18 heavy (non-hydrogen) atoms. The zero-order valence-electron chi connectivity index (χ0n) is 11.0.